The van der Waals surface area contributed by atoms with E-state index in [1.54, 1.807) is 13.2 Å². The number of hydrogen-bond donors (Lipinski definition) is 0. The maximum Gasteiger partial charge on any atom is 0.137 e. The molecule has 5 heterocycles. The zero-order valence-electron chi connectivity index (χ0n) is 33.6. The molecule has 0 N–H and O–H groups in total. The number of anilines is 2. The number of nitriles is 2. The van der Waals surface area contributed by atoms with Crippen LogP contribution in [-0.4, -0.2) is 33.3 Å². The van der Waals surface area contributed by atoms with Crippen molar-refractivity contribution in [3.63, 3.8) is 0 Å². The molecular weight excluding hydrogens is 653 g/mol. The minimum absolute atomic E-state index is 0.0315. The number of hydrogen-bond acceptors (Lipinski definition) is 6. The first-order valence-electron chi connectivity index (χ1n) is 19.5. The monoisotopic (exact) mass is 708 g/mol. The Labute approximate surface area is 317 Å². The van der Waals surface area contributed by atoms with Gasteiger partial charge >= 0.3 is 0 Å². The van der Waals surface area contributed by atoms with Gasteiger partial charge in [0.05, 0.1) is 7.11 Å². The van der Waals surface area contributed by atoms with Crippen LogP contribution in [0.25, 0.3) is 12.2 Å². The predicted molar refractivity (Wildman–Crippen MR) is 217 cm³/mol. The average molecular weight is 709 g/mol. The van der Waals surface area contributed by atoms with Gasteiger partial charge in [0.1, 0.15) is 35.0 Å². The molecule has 0 saturated heterocycles. The van der Waals surface area contributed by atoms with Crippen LogP contribution in [0.15, 0.2) is 59.1 Å². The Morgan fingerprint density at radius 1 is 0.698 bits per heavy atom. The van der Waals surface area contributed by atoms with Gasteiger partial charge < -0.3 is 19.3 Å². The molecule has 0 spiro atoms. The predicted octanol–water partition coefficient (Wildman–Crippen LogP) is 10.5. The van der Waals surface area contributed by atoms with Crippen molar-refractivity contribution < 1.29 is 9.47 Å². The first-order valence-corrected chi connectivity index (χ1v) is 19.5. The molecule has 53 heavy (non-hydrogen) atoms. The van der Waals surface area contributed by atoms with E-state index in [1.165, 1.54) is 44.8 Å². The maximum atomic E-state index is 9.90. The molecule has 2 aromatic carbocycles. The molecule has 0 saturated carbocycles. The van der Waals surface area contributed by atoms with Crippen LogP contribution in [-0.2, 0) is 32.8 Å². The lowest BCUT2D eigenvalue weighted by atomic mass is 9.67. The molecule has 0 fully saturated rings. The van der Waals surface area contributed by atoms with Crippen LogP contribution >= 0.6 is 0 Å². The van der Waals surface area contributed by atoms with E-state index >= 15 is 0 Å². The Bertz CT molecular complexity index is 1970. The Morgan fingerprint density at radius 3 is 1.64 bits per heavy atom. The minimum Gasteiger partial charge on any atom is -0.496 e. The van der Waals surface area contributed by atoms with Crippen molar-refractivity contribution in [2.75, 3.05) is 43.1 Å². The topological polar surface area (TPSA) is 72.5 Å². The van der Waals surface area contributed by atoms with Gasteiger partial charge in [0.2, 0.25) is 0 Å². The summed E-state index contributed by atoms with van der Waals surface area (Å²) in [6.07, 6.45) is 17.2. The lowest BCUT2D eigenvalue weighted by molar-refractivity contribution is 0.332. The van der Waals surface area contributed by atoms with E-state index in [-0.39, 0.29) is 27.2 Å². The molecule has 0 bridgehead atoms. The van der Waals surface area contributed by atoms with E-state index in [0.717, 1.165) is 69.6 Å². The molecule has 7 rings (SSSR count). The van der Waals surface area contributed by atoms with Crippen molar-refractivity contribution >= 4 is 23.5 Å². The van der Waals surface area contributed by atoms with Crippen molar-refractivity contribution in [2.45, 2.75) is 116 Å². The fourth-order valence-electron chi connectivity index (χ4n) is 9.53. The first-order chi connectivity index (χ1) is 25.0. The first kappa shape index (κ1) is 36.7. The summed E-state index contributed by atoms with van der Waals surface area (Å²) in [4.78, 5) is 5.17. The SMILES string of the molecule is CCc1c(/C=C/C2=CC(=C(C#N)C#N)C=C(/C=C/c3cc4c5c(c3OC)C(C)(C)CCN5CCC4(C)C)O2)cc2c3c1C(C)(C)CCN3CCC2(C)C. The average Bonchev–Trinajstić information content (AvgIpc) is 3.11. The molecule has 276 valence electrons. The summed E-state index contributed by atoms with van der Waals surface area (Å²) in [7, 11) is 1.77. The second kappa shape index (κ2) is 13.0. The molecule has 0 aromatic heterocycles. The summed E-state index contributed by atoms with van der Waals surface area (Å²) in [6.45, 7) is 25.5. The normalized spacial score (nSPS) is 21.5. The van der Waals surface area contributed by atoms with Crippen LogP contribution in [0, 0.1) is 22.7 Å². The second-order valence-electron chi connectivity index (χ2n) is 18.3. The molecule has 0 amide bonds. The molecule has 6 heteroatoms. The fourth-order valence-corrected chi connectivity index (χ4v) is 9.53. The Balaban J connectivity index is 1.30. The molecule has 0 atom stereocenters. The third-order valence-corrected chi connectivity index (χ3v) is 12.9. The van der Waals surface area contributed by atoms with Gasteiger partial charge in [-0.1, -0.05) is 68.4 Å². The van der Waals surface area contributed by atoms with E-state index in [4.69, 9.17) is 9.47 Å². The van der Waals surface area contributed by atoms with Gasteiger partial charge in [-0.25, -0.2) is 0 Å². The van der Waals surface area contributed by atoms with E-state index < -0.39 is 0 Å². The number of allylic oxidation sites excluding steroid dienone is 6. The van der Waals surface area contributed by atoms with Crippen LogP contribution in [0.2, 0.25) is 0 Å². The Kier molecular flexibility index (Phi) is 9.01. The van der Waals surface area contributed by atoms with Crippen LogP contribution in [0.1, 0.15) is 127 Å². The van der Waals surface area contributed by atoms with Crippen LogP contribution in [0.4, 0.5) is 11.4 Å². The van der Waals surface area contributed by atoms with Crippen molar-refractivity contribution in [1.29, 1.82) is 10.5 Å². The van der Waals surface area contributed by atoms with E-state index in [0.29, 0.717) is 17.1 Å². The molecule has 0 radical (unpaired) electrons. The van der Waals surface area contributed by atoms with E-state index in [9.17, 15) is 10.5 Å². The van der Waals surface area contributed by atoms with Crippen molar-refractivity contribution in [3.05, 3.63) is 98.0 Å². The summed E-state index contributed by atoms with van der Waals surface area (Å²) in [6, 6.07) is 8.91. The third kappa shape index (κ3) is 6.19. The zero-order valence-corrected chi connectivity index (χ0v) is 33.6. The summed E-state index contributed by atoms with van der Waals surface area (Å²) >= 11 is 0. The molecule has 6 nitrogen and oxygen atoms in total. The Hall–Kier alpha value is -4.68. The highest BCUT2D eigenvalue weighted by atomic mass is 16.5. The molecule has 0 unspecified atom stereocenters. The molecule has 2 aromatic rings. The van der Waals surface area contributed by atoms with E-state index in [1.807, 2.05) is 18.2 Å². The quantitative estimate of drug-likeness (QED) is 0.278. The largest absolute Gasteiger partial charge is 0.496 e. The molecule has 5 aliphatic heterocycles. The molecule has 0 aliphatic carbocycles. The van der Waals surface area contributed by atoms with Gasteiger partial charge in [-0.2, -0.15) is 10.5 Å². The maximum absolute atomic E-state index is 9.90. The van der Waals surface area contributed by atoms with Gasteiger partial charge in [-0.05, 0) is 124 Å². The van der Waals surface area contributed by atoms with E-state index in [2.05, 4.69) is 109 Å². The third-order valence-electron chi connectivity index (χ3n) is 12.9. The number of rotatable bonds is 6. The number of methoxy groups -OCH3 is 1. The highest BCUT2D eigenvalue weighted by Crippen LogP contribution is 2.54. The van der Waals surface area contributed by atoms with Gasteiger partial charge in [0.15, 0.2) is 0 Å². The Morgan fingerprint density at radius 2 is 1.15 bits per heavy atom. The summed E-state index contributed by atoms with van der Waals surface area (Å²) in [5, 5.41) is 19.8. The molecular formula is C47H56N4O2. The second-order valence-corrected chi connectivity index (χ2v) is 18.3. The number of benzene rings is 2. The van der Waals surface area contributed by atoms with Gasteiger partial charge in [-0.3, -0.25) is 0 Å². The highest BCUT2D eigenvalue weighted by Gasteiger charge is 2.43. The van der Waals surface area contributed by atoms with Crippen LogP contribution in [0.5, 0.6) is 5.75 Å². The summed E-state index contributed by atoms with van der Waals surface area (Å²) in [5.41, 5.74) is 12.7. The van der Waals surface area contributed by atoms with Gasteiger partial charge in [-0.15, -0.1) is 0 Å². The van der Waals surface area contributed by atoms with Crippen molar-refractivity contribution in [3.8, 4) is 17.9 Å². The summed E-state index contributed by atoms with van der Waals surface area (Å²) < 4.78 is 12.8. The lowest BCUT2D eigenvalue weighted by Gasteiger charge is -2.49. The lowest BCUT2D eigenvalue weighted by Crippen LogP contribution is -2.45. The highest BCUT2D eigenvalue weighted by molar-refractivity contribution is 5.79. The smallest absolute Gasteiger partial charge is 0.137 e. The zero-order chi connectivity index (χ0) is 38.1. The number of ether oxygens (including phenoxy) is 2. The summed E-state index contributed by atoms with van der Waals surface area (Å²) in [5.74, 6) is 2.05. The van der Waals surface area contributed by atoms with Crippen molar-refractivity contribution in [2.24, 2.45) is 0 Å². The van der Waals surface area contributed by atoms with Gasteiger partial charge in [0.25, 0.3) is 0 Å². The van der Waals surface area contributed by atoms with Crippen LogP contribution in [0.3, 0.4) is 0 Å². The fraction of sp³-hybridized carbons (Fsp3) is 0.489. The van der Waals surface area contributed by atoms with Crippen molar-refractivity contribution in [1.82, 2.24) is 0 Å². The standard InChI is InChI=1S/C47H56N4O2/c1-11-36-30(26-37-41-39(36)46(6,7)18-22-50(41)20-16-44(37,2)3)12-14-34-24-32(33(28-48)29-49)25-35(53-34)15-13-31-27-38-42-40(43(31)52-10)47(8,9)19-23-51(42)21-17-45(38,4)5/h12-15,24-27H,11,16-23H2,1-10H3/b14-12+,15-13+. The van der Waals surface area contributed by atoms with Crippen LogP contribution < -0.4 is 14.5 Å². The van der Waals surface area contributed by atoms with Gasteiger partial charge in [0, 0.05) is 54.3 Å². The molecule has 5 aliphatic rings. The minimum atomic E-state index is -0.0376. The number of nitrogens with zero attached hydrogens (tertiary/aromatic N) is 4.